The molecule has 6 nitrogen and oxygen atoms in total. The van der Waals surface area contributed by atoms with Gasteiger partial charge in [-0.05, 0) is 7.05 Å². The standard InChI is InChI=1S/C7H15N3O.C2HF3O2/c1-9-2-4-10(5-3-9)6-7(8)11;3-2(4,5)1(6)7/h2-6H2,1H3,(H2,8,11);(H,6,7). The lowest BCUT2D eigenvalue weighted by molar-refractivity contribution is -0.192. The maximum absolute atomic E-state index is 10.6. The molecule has 0 spiro atoms. The molecule has 1 saturated heterocycles. The molecule has 1 fully saturated rings. The number of hydrogen-bond donors (Lipinski definition) is 2. The van der Waals surface area contributed by atoms with Gasteiger partial charge in [0, 0.05) is 26.2 Å². The van der Waals surface area contributed by atoms with Gasteiger partial charge in [-0.2, -0.15) is 13.2 Å². The first kappa shape index (κ1) is 16.6. The molecule has 3 N–H and O–H groups in total. The van der Waals surface area contributed by atoms with Crippen LogP contribution in [0.2, 0.25) is 0 Å². The number of hydrogen-bond acceptors (Lipinski definition) is 4. The third-order valence-corrected chi connectivity index (χ3v) is 2.22. The number of rotatable bonds is 2. The molecule has 1 rings (SSSR count). The maximum Gasteiger partial charge on any atom is 0.490 e. The van der Waals surface area contributed by atoms with E-state index < -0.39 is 12.1 Å². The molecule has 1 aliphatic rings. The number of primary amides is 1. The first-order valence-electron chi connectivity index (χ1n) is 5.12. The van der Waals surface area contributed by atoms with E-state index in [2.05, 4.69) is 16.8 Å². The predicted octanol–water partition coefficient (Wildman–Crippen LogP) is -0.648. The van der Waals surface area contributed by atoms with Crippen molar-refractivity contribution >= 4 is 11.9 Å². The normalized spacial score (nSPS) is 17.8. The van der Waals surface area contributed by atoms with Crippen molar-refractivity contribution < 1.29 is 27.9 Å². The number of carboxylic acid groups (broad SMARTS) is 1. The predicted molar refractivity (Wildman–Crippen MR) is 56.8 cm³/mol. The van der Waals surface area contributed by atoms with Gasteiger partial charge in [0.05, 0.1) is 6.54 Å². The van der Waals surface area contributed by atoms with Gasteiger partial charge in [0.15, 0.2) is 0 Å². The minimum Gasteiger partial charge on any atom is -0.475 e. The Morgan fingerprint density at radius 3 is 1.89 bits per heavy atom. The van der Waals surface area contributed by atoms with Crippen molar-refractivity contribution in [3.05, 3.63) is 0 Å². The Kier molecular flexibility index (Phi) is 6.63. The SMILES string of the molecule is CN1CCN(CC(N)=O)CC1.O=C(O)C(F)(F)F. The molecule has 0 radical (unpaired) electrons. The molecule has 0 saturated carbocycles. The smallest absolute Gasteiger partial charge is 0.475 e. The number of halogens is 3. The van der Waals surface area contributed by atoms with Gasteiger partial charge in [0.1, 0.15) is 0 Å². The molecule has 9 heteroatoms. The van der Waals surface area contributed by atoms with Gasteiger partial charge in [0.2, 0.25) is 5.91 Å². The number of nitrogens with zero attached hydrogens (tertiary/aromatic N) is 2. The number of alkyl halides is 3. The Hall–Kier alpha value is -1.35. The second-order valence-electron chi connectivity index (χ2n) is 3.85. The van der Waals surface area contributed by atoms with Crippen LogP contribution in [0.15, 0.2) is 0 Å². The molecule has 18 heavy (non-hydrogen) atoms. The highest BCUT2D eigenvalue weighted by Gasteiger charge is 2.38. The van der Waals surface area contributed by atoms with Gasteiger partial charge in [-0.3, -0.25) is 9.69 Å². The monoisotopic (exact) mass is 271 g/mol. The van der Waals surface area contributed by atoms with Crippen molar-refractivity contribution in [1.29, 1.82) is 0 Å². The second-order valence-corrected chi connectivity index (χ2v) is 3.85. The van der Waals surface area contributed by atoms with Crippen molar-refractivity contribution in [2.45, 2.75) is 6.18 Å². The number of carbonyl (C=O) groups is 2. The van der Waals surface area contributed by atoms with E-state index in [-0.39, 0.29) is 5.91 Å². The Labute approximate surface area is 102 Å². The third-order valence-electron chi connectivity index (χ3n) is 2.22. The first-order valence-corrected chi connectivity index (χ1v) is 5.12. The minimum absolute atomic E-state index is 0.227. The average molecular weight is 271 g/mol. The van der Waals surface area contributed by atoms with E-state index in [1.807, 2.05) is 0 Å². The highest BCUT2D eigenvalue weighted by molar-refractivity contribution is 5.75. The third kappa shape index (κ3) is 7.85. The van der Waals surface area contributed by atoms with Gasteiger partial charge in [0.25, 0.3) is 0 Å². The average Bonchev–Trinajstić information content (AvgIpc) is 2.20. The molecule has 0 aliphatic carbocycles. The quantitative estimate of drug-likeness (QED) is 0.697. The summed E-state index contributed by atoms with van der Waals surface area (Å²) in [6.07, 6.45) is -5.08. The van der Waals surface area contributed by atoms with E-state index in [4.69, 9.17) is 15.6 Å². The van der Waals surface area contributed by atoms with Crippen LogP contribution in [-0.2, 0) is 9.59 Å². The summed E-state index contributed by atoms with van der Waals surface area (Å²) in [5.41, 5.74) is 5.06. The lowest BCUT2D eigenvalue weighted by atomic mass is 10.3. The number of piperazine rings is 1. The summed E-state index contributed by atoms with van der Waals surface area (Å²) in [4.78, 5) is 23.7. The lowest BCUT2D eigenvalue weighted by Crippen LogP contribution is -2.47. The second kappa shape index (κ2) is 7.17. The number of likely N-dealkylation sites (N-methyl/N-ethyl adjacent to an activating group) is 1. The highest BCUT2D eigenvalue weighted by Crippen LogP contribution is 2.13. The van der Waals surface area contributed by atoms with Gasteiger partial charge in [-0.25, -0.2) is 4.79 Å². The van der Waals surface area contributed by atoms with Crippen LogP contribution in [0.4, 0.5) is 13.2 Å². The number of amides is 1. The molecule has 106 valence electrons. The van der Waals surface area contributed by atoms with Crippen LogP contribution in [0, 0.1) is 0 Å². The van der Waals surface area contributed by atoms with E-state index in [1.165, 1.54) is 0 Å². The Balaban J connectivity index is 0.000000360. The zero-order chi connectivity index (χ0) is 14.3. The molecule has 1 amide bonds. The Bertz CT molecular complexity index is 289. The van der Waals surface area contributed by atoms with Gasteiger partial charge < -0.3 is 15.7 Å². The summed E-state index contributed by atoms with van der Waals surface area (Å²) < 4.78 is 31.7. The van der Waals surface area contributed by atoms with Crippen molar-refractivity contribution in [3.63, 3.8) is 0 Å². The van der Waals surface area contributed by atoms with Crippen LogP contribution < -0.4 is 5.73 Å². The highest BCUT2D eigenvalue weighted by atomic mass is 19.4. The van der Waals surface area contributed by atoms with E-state index in [1.54, 1.807) is 0 Å². The van der Waals surface area contributed by atoms with Crippen molar-refractivity contribution in [2.75, 3.05) is 39.8 Å². The fourth-order valence-electron chi connectivity index (χ4n) is 1.23. The summed E-state index contributed by atoms with van der Waals surface area (Å²) in [5, 5.41) is 7.12. The number of carboxylic acids is 1. The van der Waals surface area contributed by atoms with E-state index in [0.29, 0.717) is 6.54 Å². The van der Waals surface area contributed by atoms with Crippen LogP contribution in [0.5, 0.6) is 0 Å². The number of aliphatic carboxylic acids is 1. The van der Waals surface area contributed by atoms with Crippen molar-refractivity contribution in [2.24, 2.45) is 5.73 Å². The largest absolute Gasteiger partial charge is 0.490 e. The molecule has 1 heterocycles. The number of carbonyl (C=O) groups excluding carboxylic acids is 1. The van der Waals surface area contributed by atoms with Crippen LogP contribution in [-0.4, -0.2) is 72.7 Å². The van der Waals surface area contributed by atoms with Crippen LogP contribution in [0.1, 0.15) is 0 Å². The molecule has 0 unspecified atom stereocenters. The zero-order valence-electron chi connectivity index (χ0n) is 9.90. The van der Waals surface area contributed by atoms with E-state index >= 15 is 0 Å². The van der Waals surface area contributed by atoms with E-state index in [0.717, 1.165) is 26.2 Å². The van der Waals surface area contributed by atoms with Gasteiger partial charge in [-0.15, -0.1) is 0 Å². The molecule has 0 aromatic carbocycles. The Morgan fingerprint density at radius 2 is 1.61 bits per heavy atom. The molecule has 0 aromatic heterocycles. The Morgan fingerprint density at radius 1 is 1.22 bits per heavy atom. The topological polar surface area (TPSA) is 86.9 Å². The number of nitrogens with two attached hydrogens (primary N) is 1. The molecule has 0 bridgehead atoms. The van der Waals surface area contributed by atoms with Crippen molar-refractivity contribution in [3.8, 4) is 0 Å². The first-order chi connectivity index (χ1) is 8.12. The molecule has 0 atom stereocenters. The van der Waals surface area contributed by atoms with E-state index in [9.17, 15) is 18.0 Å². The molecular formula is C9H16F3N3O3. The van der Waals surface area contributed by atoms with Crippen molar-refractivity contribution in [1.82, 2.24) is 9.80 Å². The van der Waals surface area contributed by atoms with Crippen LogP contribution in [0.3, 0.4) is 0 Å². The minimum atomic E-state index is -5.08. The summed E-state index contributed by atoms with van der Waals surface area (Å²) in [5.74, 6) is -2.98. The molecule has 1 aliphatic heterocycles. The summed E-state index contributed by atoms with van der Waals surface area (Å²) in [7, 11) is 2.08. The maximum atomic E-state index is 10.6. The molecular weight excluding hydrogens is 255 g/mol. The zero-order valence-corrected chi connectivity index (χ0v) is 9.90. The van der Waals surface area contributed by atoms with Crippen LogP contribution in [0.25, 0.3) is 0 Å². The van der Waals surface area contributed by atoms with Crippen LogP contribution >= 0.6 is 0 Å². The fraction of sp³-hybridized carbons (Fsp3) is 0.778. The summed E-state index contributed by atoms with van der Waals surface area (Å²) in [6, 6.07) is 0. The summed E-state index contributed by atoms with van der Waals surface area (Å²) >= 11 is 0. The lowest BCUT2D eigenvalue weighted by Gasteiger charge is -2.31. The van der Waals surface area contributed by atoms with Gasteiger partial charge in [-0.1, -0.05) is 0 Å². The molecule has 0 aromatic rings. The van der Waals surface area contributed by atoms with Gasteiger partial charge >= 0.3 is 12.1 Å². The fourth-order valence-corrected chi connectivity index (χ4v) is 1.23. The summed E-state index contributed by atoms with van der Waals surface area (Å²) in [6.45, 7) is 4.40.